The number of hydrogen-bond donors (Lipinski definition) is 1. The molecule has 7 heteroatoms. The summed E-state index contributed by atoms with van der Waals surface area (Å²) in [5.74, 6) is 1.36. The van der Waals surface area contributed by atoms with Gasteiger partial charge in [-0.2, -0.15) is 0 Å². The number of nitrogens with one attached hydrogen (secondary N) is 1. The third-order valence-electron chi connectivity index (χ3n) is 3.64. The van der Waals surface area contributed by atoms with Crippen molar-refractivity contribution in [1.29, 1.82) is 0 Å². The van der Waals surface area contributed by atoms with Gasteiger partial charge in [-0.1, -0.05) is 29.3 Å². The first-order chi connectivity index (χ1) is 12.6. The first kappa shape index (κ1) is 19.4. The molecule has 0 fully saturated rings. The van der Waals surface area contributed by atoms with Gasteiger partial charge in [0.15, 0.2) is 11.5 Å². The first-order valence-electron chi connectivity index (χ1n) is 7.77. The van der Waals surface area contributed by atoms with Gasteiger partial charge in [0.25, 0.3) is 0 Å². The van der Waals surface area contributed by atoms with Crippen LogP contribution >= 0.6 is 50.5 Å². The van der Waals surface area contributed by atoms with Gasteiger partial charge in [-0.3, -0.25) is 0 Å². The highest BCUT2D eigenvalue weighted by Crippen LogP contribution is 2.38. The van der Waals surface area contributed by atoms with Crippen LogP contribution in [0, 0.1) is 0 Å². The summed E-state index contributed by atoms with van der Waals surface area (Å²) < 4.78 is 12.3. The molecule has 0 saturated carbocycles. The third-order valence-corrected chi connectivity index (χ3v) is 5.64. The molecule has 0 bridgehead atoms. The molecule has 0 saturated heterocycles. The Bertz CT molecular complexity index is 887. The van der Waals surface area contributed by atoms with Crippen LogP contribution in [-0.2, 0) is 13.2 Å². The Morgan fingerprint density at radius 1 is 1.15 bits per heavy atom. The van der Waals surface area contributed by atoms with Gasteiger partial charge in [-0.15, -0.1) is 11.3 Å². The number of benzene rings is 2. The number of rotatable bonds is 7. The molecule has 2 aromatic carbocycles. The lowest BCUT2D eigenvalue weighted by molar-refractivity contribution is 0.285. The molecule has 0 spiro atoms. The van der Waals surface area contributed by atoms with Gasteiger partial charge in [0.2, 0.25) is 0 Å². The van der Waals surface area contributed by atoms with Crippen LogP contribution in [0.15, 0.2) is 52.3 Å². The molecule has 136 valence electrons. The van der Waals surface area contributed by atoms with Crippen molar-refractivity contribution in [2.24, 2.45) is 0 Å². The molecular weight excluding hydrogens is 457 g/mol. The zero-order valence-electron chi connectivity index (χ0n) is 13.9. The van der Waals surface area contributed by atoms with Crippen molar-refractivity contribution >= 4 is 56.2 Å². The standard InChI is InChI=1S/C19H16BrCl2NO2S/c1-24-18-8-12(10-23-17-9-13(21)4-5-16(17)22)7-15(20)19(18)25-11-14-3-2-6-26-14/h2-9,23H,10-11H2,1H3. The molecule has 1 aromatic heterocycles. The molecule has 1 N–H and O–H groups in total. The second-order valence-electron chi connectivity index (χ2n) is 5.45. The molecule has 26 heavy (non-hydrogen) atoms. The minimum atomic E-state index is 0.502. The van der Waals surface area contributed by atoms with Crippen molar-refractivity contribution in [3.8, 4) is 11.5 Å². The van der Waals surface area contributed by atoms with Crippen molar-refractivity contribution in [2.45, 2.75) is 13.2 Å². The Morgan fingerprint density at radius 3 is 2.73 bits per heavy atom. The number of ether oxygens (including phenoxy) is 2. The summed E-state index contributed by atoms with van der Waals surface area (Å²) in [6, 6.07) is 13.3. The summed E-state index contributed by atoms with van der Waals surface area (Å²) in [5.41, 5.74) is 1.81. The molecule has 0 radical (unpaired) electrons. The van der Waals surface area contributed by atoms with E-state index in [1.807, 2.05) is 29.6 Å². The maximum absolute atomic E-state index is 6.19. The van der Waals surface area contributed by atoms with E-state index in [0.29, 0.717) is 34.7 Å². The predicted molar refractivity (Wildman–Crippen MR) is 113 cm³/mol. The fourth-order valence-corrected chi connectivity index (χ4v) is 3.96. The van der Waals surface area contributed by atoms with Crippen LogP contribution in [0.1, 0.15) is 10.4 Å². The maximum atomic E-state index is 6.19. The molecule has 0 amide bonds. The predicted octanol–water partition coefficient (Wildman–Crippen LogP) is 7.02. The number of hydrogen-bond acceptors (Lipinski definition) is 4. The average molecular weight is 473 g/mol. The first-order valence-corrected chi connectivity index (χ1v) is 10.2. The zero-order valence-corrected chi connectivity index (χ0v) is 17.8. The molecule has 3 aromatic rings. The van der Waals surface area contributed by atoms with Gasteiger partial charge >= 0.3 is 0 Å². The zero-order chi connectivity index (χ0) is 18.5. The molecule has 0 aliphatic carbocycles. The molecule has 0 aliphatic rings. The highest BCUT2D eigenvalue weighted by molar-refractivity contribution is 9.10. The Balaban J connectivity index is 1.74. The van der Waals surface area contributed by atoms with Crippen LogP contribution in [-0.4, -0.2) is 7.11 Å². The smallest absolute Gasteiger partial charge is 0.175 e. The lowest BCUT2D eigenvalue weighted by atomic mass is 10.2. The summed E-state index contributed by atoms with van der Waals surface area (Å²) >= 11 is 17.5. The molecule has 0 aliphatic heterocycles. The van der Waals surface area contributed by atoms with Gasteiger partial charge in [0.1, 0.15) is 6.61 Å². The Labute approximate surface area is 175 Å². The van der Waals surface area contributed by atoms with E-state index in [4.69, 9.17) is 32.7 Å². The van der Waals surface area contributed by atoms with E-state index >= 15 is 0 Å². The number of methoxy groups -OCH3 is 1. The topological polar surface area (TPSA) is 30.5 Å². The third kappa shape index (κ3) is 4.86. The Kier molecular flexibility index (Phi) is 6.70. The quantitative estimate of drug-likeness (QED) is 0.400. The van der Waals surface area contributed by atoms with Crippen LogP contribution in [0.25, 0.3) is 0 Å². The average Bonchev–Trinajstić information content (AvgIpc) is 3.14. The fraction of sp³-hybridized carbons (Fsp3) is 0.158. The second kappa shape index (κ2) is 9.00. The van der Waals surface area contributed by atoms with E-state index in [9.17, 15) is 0 Å². The minimum Gasteiger partial charge on any atom is -0.493 e. The van der Waals surface area contributed by atoms with Gasteiger partial charge in [0, 0.05) is 16.4 Å². The van der Waals surface area contributed by atoms with E-state index in [1.54, 1.807) is 36.6 Å². The monoisotopic (exact) mass is 471 g/mol. The molecule has 0 unspecified atom stereocenters. The lowest BCUT2D eigenvalue weighted by Gasteiger charge is -2.15. The lowest BCUT2D eigenvalue weighted by Crippen LogP contribution is -2.02. The van der Waals surface area contributed by atoms with Crippen LogP contribution in [0.2, 0.25) is 10.0 Å². The number of anilines is 1. The van der Waals surface area contributed by atoms with Crippen LogP contribution in [0.5, 0.6) is 11.5 Å². The summed E-state index contributed by atoms with van der Waals surface area (Å²) in [6.45, 7) is 1.07. The van der Waals surface area contributed by atoms with Crippen LogP contribution in [0.4, 0.5) is 5.69 Å². The maximum Gasteiger partial charge on any atom is 0.175 e. The highest BCUT2D eigenvalue weighted by Gasteiger charge is 2.13. The van der Waals surface area contributed by atoms with Gasteiger partial charge < -0.3 is 14.8 Å². The fourth-order valence-electron chi connectivity index (χ4n) is 2.38. The summed E-state index contributed by atoms with van der Waals surface area (Å²) in [6.07, 6.45) is 0. The summed E-state index contributed by atoms with van der Waals surface area (Å²) in [5, 5.41) is 6.57. The van der Waals surface area contributed by atoms with Gasteiger partial charge in [-0.25, -0.2) is 0 Å². The number of halogens is 3. The Hall–Kier alpha value is -1.40. The largest absolute Gasteiger partial charge is 0.493 e. The van der Waals surface area contributed by atoms with E-state index in [-0.39, 0.29) is 0 Å². The van der Waals surface area contributed by atoms with Crippen molar-refractivity contribution in [1.82, 2.24) is 0 Å². The SMILES string of the molecule is COc1cc(CNc2cc(Cl)ccc2Cl)cc(Br)c1OCc1cccs1. The van der Waals surface area contributed by atoms with Gasteiger partial charge in [0.05, 0.1) is 22.3 Å². The van der Waals surface area contributed by atoms with E-state index in [2.05, 4.69) is 21.2 Å². The van der Waals surface area contributed by atoms with E-state index in [1.165, 1.54) is 0 Å². The van der Waals surface area contributed by atoms with Crippen molar-refractivity contribution < 1.29 is 9.47 Å². The number of thiophene rings is 1. The molecular formula is C19H16BrCl2NO2S. The van der Waals surface area contributed by atoms with Crippen LogP contribution < -0.4 is 14.8 Å². The van der Waals surface area contributed by atoms with E-state index in [0.717, 1.165) is 20.6 Å². The van der Waals surface area contributed by atoms with Gasteiger partial charge in [-0.05, 0) is 63.3 Å². The van der Waals surface area contributed by atoms with E-state index < -0.39 is 0 Å². The summed E-state index contributed by atoms with van der Waals surface area (Å²) in [4.78, 5) is 1.15. The van der Waals surface area contributed by atoms with Crippen molar-refractivity contribution in [3.05, 3.63) is 72.8 Å². The highest BCUT2D eigenvalue weighted by atomic mass is 79.9. The summed E-state index contributed by atoms with van der Waals surface area (Å²) in [7, 11) is 1.63. The molecule has 3 nitrogen and oxygen atoms in total. The normalized spacial score (nSPS) is 10.6. The molecule has 1 heterocycles. The van der Waals surface area contributed by atoms with Crippen LogP contribution in [0.3, 0.4) is 0 Å². The molecule has 3 rings (SSSR count). The van der Waals surface area contributed by atoms with Crippen molar-refractivity contribution in [3.63, 3.8) is 0 Å². The second-order valence-corrected chi connectivity index (χ2v) is 8.19. The molecule has 0 atom stereocenters. The minimum absolute atomic E-state index is 0.502. The Morgan fingerprint density at radius 2 is 2.00 bits per heavy atom. The van der Waals surface area contributed by atoms with Crippen molar-refractivity contribution in [2.75, 3.05) is 12.4 Å².